The SMILES string of the molecule is C=C1C(C(C)=C(C)C)=C(C)N=C2c3ccccc3C(NCCCN(C)C)=NN12. The number of amidine groups is 2. The first kappa shape index (κ1) is 20.1. The molecule has 2 aliphatic heterocycles. The third-order valence-electron chi connectivity index (χ3n) is 5.20. The summed E-state index contributed by atoms with van der Waals surface area (Å²) in [5.41, 5.74) is 7.59. The van der Waals surface area contributed by atoms with Crippen molar-refractivity contribution < 1.29 is 0 Å². The van der Waals surface area contributed by atoms with Crippen LogP contribution in [0.15, 0.2) is 69.1 Å². The van der Waals surface area contributed by atoms with E-state index in [0.29, 0.717) is 0 Å². The van der Waals surface area contributed by atoms with Crippen LogP contribution in [0, 0.1) is 0 Å². The van der Waals surface area contributed by atoms with Crippen LogP contribution in [-0.4, -0.2) is 48.8 Å². The van der Waals surface area contributed by atoms with E-state index >= 15 is 0 Å². The quantitative estimate of drug-likeness (QED) is 0.786. The Morgan fingerprint density at radius 3 is 2.46 bits per heavy atom. The van der Waals surface area contributed by atoms with Crippen molar-refractivity contribution in [3.05, 3.63) is 70.1 Å². The van der Waals surface area contributed by atoms with Crippen molar-refractivity contribution in [1.29, 1.82) is 0 Å². The van der Waals surface area contributed by atoms with Gasteiger partial charge >= 0.3 is 0 Å². The average molecular weight is 378 g/mol. The van der Waals surface area contributed by atoms with Crippen LogP contribution in [0.5, 0.6) is 0 Å². The van der Waals surface area contributed by atoms with E-state index in [1.54, 1.807) is 0 Å². The largest absolute Gasteiger partial charge is 0.368 e. The lowest BCUT2D eigenvalue weighted by Crippen LogP contribution is -2.40. The molecule has 3 rings (SSSR count). The molecule has 2 aliphatic rings. The number of hydrogen-bond acceptors (Lipinski definition) is 5. The molecular formula is C23H31N5. The van der Waals surface area contributed by atoms with Gasteiger partial charge < -0.3 is 10.2 Å². The molecule has 0 fully saturated rings. The Labute approximate surface area is 168 Å². The molecule has 0 radical (unpaired) electrons. The molecule has 28 heavy (non-hydrogen) atoms. The molecule has 0 unspecified atom stereocenters. The zero-order valence-electron chi connectivity index (χ0n) is 17.9. The number of hydrazone groups is 1. The van der Waals surface area contributed by atoms with Crippen LogP contribution in [0.2, 0.25) is 0 Å². The highest BCUT2D eigenvalue weighted by molar-refractivity contribution is 6.15. The first-order valence-electron chi connectivity index (χ1n) is 9.81. The molecule has 0 bridgehead atoms. The van der Waals surface area contributed by atoms with Gasteiger partial charge in [0.05, 0.1) is 5.70 Å². The van der Waals surface area contributed by atoms with E-state index in [9.17, 15) is 0 Å². The second-order valence-electron chi connectivity index (χ2n) is 7.86. The number of allylic oxidation sites excluding steroid dienone is 3. The molecule has 1 aromatic carbocycles. The highest BCUT2D eigenvalue weighted by atomic mass is 15.5. The third-order valence-corrected chi connectivity index (χ3v) is 5.20. The number of nitrogens with zero attached hydrogens (tertiary/aromatic N) is 4. The smallest absolute Gasteiger partial charge is 0.162 e. The van der Waals surface area contributed by atoms with E-state index in [1.165, 1.54) is 11.1 Å². The molecule has 5 heteroatoms. The number of hydrogen-bond donors (Lipinski definition) is 1. The predicted octanol–water partition coefficient (Wildman–Crippen LogP) is 4.11. The van der Waals surface area contributed by atoms with Crippen LogP contribution in [0.1, 0.15) is 45.2 Å². The van der Waals surface area contributed by atoms with Gasteiger partial charge in [-0.05, 0) is 60.3 Å². The maximum absolute atomic E-state index is 4.92. The number of nitrogens with one attached hydrogen (secondary N) is 1. The van der Waals surface area contributed by atoms with Crippen LogP contribution < -0.4 is 5.32 Å². The van der Waals surface area contributed by atoms with E-state index in [1.807, 2.05) is 17.1 Å². The van der Waals surface area contributed by atoms with Gasteiger partial charge in [0.25, 0.3) is 0 Å². The molecule has 0 spiro atoms. The van der Waals surface area contributed by atoms with Crippen molar-refractivity contribution in [2.75, 3.05) is 27.2 Å². The summed E-state index contributed by atoms with van der Waals surface area (Å²) in [4.78, 5) is 7.11. The maximum atomic E-state index is 4.92. The zero-order valence-corrected chi connectivity index (χ0v) is 17.9. The predicted molar refractivity (Wildman–Crippen MR) is 118 cm³/mol. The van der Waals surface area contributed by atoms with Crippen LogP contribution in [0.4, 0.5) is 0 Å². The fourth-order valence-corrected chi connectivity index (χ4v) is 3.50. The Balaban J connectivity index is 2.00. The monoisotopic (exact) mass is 377 g/mol. The number of rotatable bonds is 5. The Morgan fingerprint density at radius 2 is 1.82 bits per heavy atom. The summed E-state index contributed by atoms with van der Waals surface area (Å²) in [6.45, 7) is 14.7. The van der Waals surface area contributed by atoms with Gasteiger partial charge in [-0.25, -0.2) is 10.0 Å². The Kier molecular flexibility index (Phi) is 5.84. The van der Waals surface area contributed by atoms with E-state index < -0.39 is 0 Å². The minimum Gasteiger partial charge on any atom is -0.368 e. The van der Waals surface area contributed by atoms with Gasteiger partial charge in [-0.15, -0.1) is 5.10 Å². The van der Waals surface area contributed by atoms with Gasteiger partial charge in [-0.1, -0.05) is 36.4 Å². The Bertz CT molecular complexity index is 911. The number of aliphatic imine (C=N–C) groups is 1. The molecule has 2 heterocycles. The Morgan fingerprint density at radius 1 is 1.14 bits per heavy atom. The second kappa shape index (κ2) is 8.15. The Hall–Kier alpha value is -2.66. The average Bonchev–Trinajstić information content (AvgIpc) is 2.65. The van der Waals surface area contributed by atoms with Crippen molar-refractivity contribution in [3.8, 4) is 0 Å². The van der Waals surface area contributed by atoms with Crippen molar-refractivity contribution in [3.63, 3.8) is 0 Å². The topological polar surface area (TPSA) is 43.2 Å². The normalized spacial score (nSPS) is 15.8. The van der Waals surface area contributed by atoms with Gasteiger partial charge in [0.1, 0.15) is 0 Å². The molecule has 0 atom stereocenters. The maximum Gasteiger partial charge on any atom is 0.162 e. The first-order chi connectivity index (χ1) is 13.3. The first-order valence-corrected chi connectivity index (χ1v) is 9.81. The third kappa shape index (κ3) is 3.80. The van der Waals surface area contributed by atoms with Crippen LogP contribution in [-0.2, 0) is 0 Å². The summed E-state index contributed by atoms with van der Waals surface area (Å²) in [5, 5.41) is 10.3. The molecule has 0 aromatic heterocycles. The fourth-order valence-electron chi connectivity index (χ4n) is 3.50. The molecule has 148 valence electrons. The van der Waals surface area contributed by atoms with Gasteiger partial charge in [0, 0.05) is 28.9 Å². The van der Waals surface area contributed by atoms with Crippen LogP contribution >= 0.6 is 0 Å². The zero-order chi connectivity index (χ0) is 20.4. The molecule has 0 saturated carbocycles. The van der Waals surface area contributed by atoms with Crippen LogP contribution in [0.3, 0.4) is 0 Å². The van der Waals surface area contributed by atoms with Crippen LogP contribution in [0.25, 0.3) is 0 Å². The summed E-state index contributed by atoms with van der Waals surface area (Å²) in [6.07, 6.45) is 1.05. The summed E-state index contributed by atoms with van der Waals surface area (Å²) in [6, 6.07) is 8.31. The lowest BCUT2D eigenvalue weighted by atomic mass is 9.95. The lowest BCUT2D eigenvalue weighted by molar-refractivity contribution is 0.399. The highest BCUT2D eigenvalue weighted by Crippen LogP contribution is 2.35. The summed E-state index contributed by atoms with van der Waals surface area (Å²) >= 11 is 0. The van der Waals surface area contributed by atoms with E-state index in [-0.39, 0.29) is 0 Å². The van der Waals surface area contributed by atoms with E-state index in [4.69, 9.17) is 10.1 Å². The second-order valence-corrected chi connectivity index (χ2v) is 7.86. The molecule has 0 aliphatic carbocycles. The lowest BCUT2D eigenvalue weighted by Gasteiger charge is -2.34. The van der Waals surface area contributed by atoms with Gasteiger partial charge in [0.15, 0.2) is 11.7 Å². The molecule has 1 aromatic rings. The van der Waals surface area contributed by atoms with Gasteiger partial charge in [-0.3, -0.25) is 0 Å². The summed E-state index contributed by atoms with van der Waals surface area (Å²) in [7, 11) is 4.19. The highest BCUT2D eigenvalue weighted by Gasteiger charge is 2.32. The van der Waals surface area contributed by atoms with Crippen molar-refractivity contribution >= 4 is 11.7 Å². The van der Waals surface area contributed by atoms with Gasteiger partial charge in [0.2, 0.25) is 0 Å². The minimum absolute atomic E-state index is 0.849. The molecule has 1 N–H and O–H groups in total. The van der Waals surface area contributed by atoms with Crippen molar-refractivity contribution in [1.82, 2.24) is 15.2 Å². The summed E-state index contributed by atoms with van der Waals surface area (Å²) < 4.78 is 0. The van der Waals surface area contributed by atoms with Crippen molar-refractivity contribution in [2.24, 2.45) is 10.1 Å². The summed E-state index contributed by atoms with van der Waals surface area (Å²) in [5.74, 6) is 1.73. The van der Waals surface area contributed by atoms with Gasteiger partial charge in [-0.2, -0.15) is 0 Å². The molecule has 0 saturated heterocycles. The molecule has 0 amide bonds. The molecule has 5 nitrogen and oxygen atoms in total. The van der Waals surface area contributed by atoms with E-state index in [2.05, 4.69) is 70.7 Å². The molecular weight excluding hydrogens is 346 g/mol. The van der Waals surface area contributed by atoms with Crippen molar-refractivity contribution in [2.45, 2.75) is 34.1 Å². The standard InChI is InChI=1S/C23H31N5/c1-15(2)16(3)21-17(4)25-23-20-12-9-8-11-19(20)22(26-28(23)18(21)5)24-13-10-14-27(6)7/h8-9,11-12H,5,10,13-14H2,1-4,6-7H3,(H,24,26). The number of fused-ring (bicyclic) bond motifs is 3. The van der Waals surface area contributed by atoms with E-state index in [0.717, 1.165) is 59.3 Å². The minimum atomic E-state index is 0.849. The fraction of sp³-hybridized carbons (Fsp3) is 0.391. The number of benzene rings is 1.